The molecule has 1 fully saturated rings. The van der Waals surface area contributed by atoms with Crippen LogP contribution in [-0.2, 0) is 9.53 Å². The Kier molecular flexibility index (Phi) is 5.76. The molecule has 6 heteroatoms. The van der Waals surface area contributed by atoms with E-state index in [1.54, 1.807) is 4.90 Å². The summed E-state index contributed by atoms with van der Waals surface area (Å²) in [7, 11) is 0. The maximum Gasteiger partial charge on any atom is 0.224 e. The highest BCUT2D eigenvalue weighted by atomic mass is 16.5. The Labute approximate surface area is 130 Å². The van der Waals surface area contributed by atoms with Crippen molar-refractivity contribution < 1.29 is 19.4 Å². The number of aliphatic hydroxyl groups is 1. The Hall–Kier alpha value is -1.63. The molecule has 1 aliphatic heterocycles. The minimum atomic E-state index is -1.22. The maximum atomic E-state index is 12.0. The van der Waals surface area contributed by atoms with Crippen LogP contribution in [0.1, 0.15) is 12.0 Å². The fourth-order valence-corrected chi connectivity index (χ4v) is 2.42. The summed E-state index contributed by atoms with van der Waals surface area (Å²) in [6.07, 6.45) is 0.273. The van der Waals surface area contributed by atoms with Crippen molar-refractivity contribution in [2.75, 3.05) is 39.5 Å². The molecule has 0 unspecified atom stereocenters. The van der Waals surface area contributed by atoms with Gasteiger partial charge in [-0.3, -0.25) is 4.79 Å². The average Bonchev–Trinajstić information content (AvgIpc) is 2.68. The number of carbonyl (C=O) groups excluding carboxylic acids is 1. The molecule has 1 amide bonds. The molecule has 0 radical (unpaired) electrons. The Bertz CT molecular complexity index is 509. The van der Waals surface area contributed by atoms with Gasteiger partial charge in [-0.15, -0.1) is 0 Å². The number of nitrogens with zero attached hydrogens (tertiary/aromatic N) is 1. The zero-order valence-corrected chi connectivity index (χ0v) is 13.0. The molecule has 6 nitrogen and oxygen atoms in total. The van der Waals surface area contributed by atoms with Gasteiger partial charge in [0.1, 0.15) is 18.0 Å². The minimum absolute atomic E-state index is 0.0676. The third-order valence-corrected chi connectivity index (χ3v) is 3.57. The van der Waals surface area contributed by atoms with E-state index in [0.29, 0.717) is 25.4 Å². The number of hydrogen-bond acceptors (Lipinski definition) is 5. The van der Waals surface area contributed by atoms with Crippen molar-refractivity contribution in [3.63, 3.8) is 0 Å². The summed E-state index contributed by atoms with van der Waals surface area (Å²) >= 11 is 0. The number of aryl methyl sites for hydroxylation is 1. The van der Waals surface area contributed by atoms with Gasteiger partial charge in [-0.25, -0.2) is 0 Å². The van der Waals surface area contributed by atoms with Crippen LogP contribution in [0.3, 0.4) is 0 Å². The Morgan fingerprint density at radius 1 is 1.55 bits per heavy atom. The molecule has 3 N–H and O–H groups in total. The summed E-state index contributed by atoms with van der Waals surface area (Å²) in [5.41, 5.74) is 5.29. The van der Waals surface area contributed by atoms with Crippen molar-refractivity contribution in [3.8, 4) is 5.75 Å². The number of β-amino-alcohol motifs (C(OH)–C–C–N with tert-alkyl or cyclic N) is 1. The highest BCUT2D eigenvalue weighted by Gasteiger charge is 2.35. The topological polar surface area (TPSA) is 85.0 Å². The van der Waals surface area contributed by atoms with E-state index in [4.69, 9.17) is 15.2 Å². The molecule has 2 rings (SSSR count). The van der Waals surface area contributed by atoms with E-state index in [1.807, 2.05) is 31.2 Å². The molecule has 1 aromatic carbocycles. The molecule has 0 aliphatic carbocycles. The van der Waals surface area contributed by atoms with Gasteiger partial charge in [0.2, 0.25) is 5.91 Å². The first-order valence-electron chi connectivity index (χ1n) is 7.50. The molecule has 1 aliphatic rings. The number of benzene rings is 1. The lowest BCUT2D eigenvalue weighted by atomic mass is 10.1. The molecule has 0 aromatic heterocycles. The number of amides is 1. The summed E-state index contributed by atoms with van der Waals surface area (Å²) in [6, 6.07) is 7.61. The van der Waals surface area contributed by atoms with Crippen LogP contribution >= 0.6 is 0 Å². The first-order valence-corrected chi connectivity index (χ1v) is 7.50. The van der Waals surface area contributed by atoms with Crippen LogP contribution in [0.15, 0.2) is 24.3 Å². The fourth-order valence-electron chi connectivity index (χ4n) is 2.42. The van der Waals surface area contributed by atoms with Gasteiger partial charge in [0, 0.05) is 19.5 Å². The van der Waals surface area contributed by atoms with Crippen LogP contribution in [0.25, 0.3) is 0 Å². The molecule has 1 heterocycles. The number of rotatable bonds is 5. The third kappa shape index (κ3) is 4.69. The third-order valence-electron chi connectivity index (χ3n) is 3.57. The zero-order valence-electron chi connectivity index (χ0n) is 13.0. The fraction of sp³-hybridized carbons (Fsp3) is 0.562. The second kappa shape index (κ2) is 7.58. The van der Waals surface area contributed by atoms with Crippen LogP contribution in [-0.4, -0.2) is 61.0 Å². The lowest BCUT2D eigenvalue weighted by Gasteiger charge is -2.30. The lowest BCUT2D eigenvalue weighted by molar-refractivity contribution is -0.134. The second-order valence-electron chi connectivity index (χ2n) is 5.74. The molecule has 0 bridgehead atoms. The van der Waals surface area contributed by atoms with Crippen LogP contribution in [0.4, 0.5) is 0 Å². The Morgan fingerprint density at radius 3 is 3.09 bits per heavy atom. The molecular formula is C16H24N2O4. The summed E-state index contributed by atoms with van der Waals surface area (Å²) in [6.45, 7) is 3.55. The van der Waals surface area contributed by atoms with E-state index in [2.05, 4.69) is 0 Å². The minimum Gasteiger partial charge on any atom is -0.490 e. The van der Waals surface area contributed by atoms with Crippen molar-refractivity contribution in [2.24, 2.45) is 5.73 Å². The molecular weight excluding hydrogens is 284 g/mol. The average molecular weight is 308 g/mol. The zero-order chi connectivity index (χ0) is 16.0. The van der Waals surface area contributed by atoms with Crippen molar-refractivity contribution in [1.82, 2.24) is 4.90 Å². The molecule has 0 saturated carbocycles. The standard InChI is InChI=1S/C16H24N2O4/c1-13-3-2-4-14(9-13)22-12-16(20)10-18(7-8-21-11-16)15(19)5-6-17/h2-4,9,20H,5-8,10-12,17H2,1H3/t16-/m0/s1. The monoisotopic (exact) mass is 308 g/mol. The van der Waals surface area contributed by atoms with Crippen molar-refractivity contribution in [3.05, 3.63) is 29.8 Å². The maximum absolute atomic E-state index is 12.0. The summed E-state index contributed by atoms with van der Waals surface area (Å²) in [5, 5.41) is 10.7. The van der Waals surface area contributed by atoms with Crippen molar-refractivity contribution >= 4 is 5.91 Å². The van der Waals surface area contributed by atoms with Crippen LogP contribution in [0.5, 0.6) is 5.75 Å². The summed E-state index contributed by atoms with van der Waals surface area (Å²) in [5.74, 6) is 0.625. The van der Waals surface area contributed by atoms with Crippen molar-refractivity contribution in [1.29, 1.82) is 0 Å². The predicted molar refractivity (Wildman–Crippen MR) is 82.7 cm³/mol. The van der Waals surface area contributed by atoms with Gasteiger partial charge < -0.3 is 25.2 Å². The SMILES string of the molecule is Cc1cccc(OC[C@@]2(O)COCCN(C(=O)CCN)C2)c1. The van der Waals surface area contributed by atoms with Gasteiger partial charge >= 0.3 is 0 Å². The quantitative estimate of drug-likeness (QED) is 0.818. The smallest absolute Gasteiger partial charge is 0.224 e. The normalized spacial score (nSPS) is 22.2. The Morgan fingerprint density at radius 2 is 2.36 bits per heavy atom. The van der Waals surface area contributed by atoms with E-state index in [0.717, 1.165) is 5.56 Å². The van der Waals surface area contributed by atoms with E-state index in [-0.39, 0.29) is 32.1 Å². The second-order valence-corrected chi connectivity index (χ2v) is 5.74. The van der Waals surface area contributed by atoms with Gasteiger partial charge in [-0.1, -0.05) is 12.1 Å². The van der Waals surface area contributed by atoms with Gasteiger partial charge in [0.05, 0.1) is 19.8 Å². The van der Waals surface area contributed by atoms with Crippen LogP contribution in [0.2, 0.25) is 0 Å². The molecule has 0 spiro atoms. The van der Waals surface area contributed by atoms with E-state index in [1.165, 1.54) is 0 Å². The van der Waals surface area contributed by atoms with E-state index < -0.39 is 5.60 Å². The van der Waals surface area contributed by atoms with Gasteiger partial charge in [0.15, 0.2) is 0 Å². The Balaban J connectivity index is 1.98. The lowest BCUT2D eigenvalue weighted by Crippen LogP contribution is -2.50. The first kappa shape index (κ1) is 16.7. The largest absolute Gasteiger partial charge is 0.490 e. The van der Waals surface area contributed by atoms with Gasteiger partial charge in [-0.2, -0.15) is 0 Å². The van der Waals surface area contributed by atoms with Crippen molar-refractivity contribution in [2.45, 2.75) is 18.9 Å². The number of nitrogens with two attached hydrogens (primary N) is 1. The highest BCUT2D eigenvalue weighted by Crippen LogP contribution is 2.18. The number of hydrogen-bond donors (Lipinski definition) is 2. The molecule has 122 valence electrons. The first-order chi connectivity index (χ1) is 10.5. The van der Waals surface area contributed by atoms with E-state index in [9.17, 15) is 9.90 Å². The molecule has 1 saturated heterocycles. The van der Waals surface area contributed by atoms with E-state index >= 15 is 0 Å². The highest BCUT2D eigenvalue weighted by molar-refractivity contribution is 5.76. The van der Waals surface area contributed by atoms with Gasteiger partial charge in [-0.05, 0) is 24.6 Å². The summed E-state index contributed by atoms with van der Waals surface area (Å²) < 4.78 is 11.1. The summed E-state index contributed by atoms with van der Waals surface area (Å²) in [4.78, 5) is 13.6. The molecule has 1 aromatic rings. The predicted octanol–water partition coefficient (Wildman–Crippen LogP) is 0.313. The number of ether oxygens (including phenoxy) is 2. The molecule has 22 heavy (non-hydrogen) atoms. The van der Waals surface area contributed by atoms with Crippen LogP contribution in [0, 0.1) is 6.92 Å². The van der Waals surface area contributed by atoms with Gasteiger partial charge in [0.25, 0.3) is 0 Å². The van der Waals surface area contributed by atoms with Crippen LogP contribution < -0.4 is 10.5 Å². The number of carbonyl (C=O) groups is 1. The molecule has 1 atom stereocenters.